The summed E-state index contributed by atoms with van der Waals surface area (Å²) < 4.78 is 10.6. The minimum atomic E-state index is -0.790. The van der Waals surface area contributed by atoms with Gasteiger partial charge in [-0.3, -0.25) is 9.59 Å². The minimum absolute atomic E-state index is 0.124. The Balaban J connectivity index is 1.19. The van der Waals surface area contributed by atoms with Crippen LogP contribution in [0.2, 0.25) is 0 Å². The zero-order chi connectivity index (χ0) is 34.0. The number of carbonyl (C=O) groups is 2. The molecular formula is C41H36N2O5. The molecule has 2 aliphatic heterocycles. The zero-order valence-corrected chi connectivity index (χ0v) is 27.8. The molecule has 0 radical (unpaired) electrons. The number of carbonyl (C=O) groups excluding carboxylic acids is 2. The molecule has 0 saturated carbocycles. The highest BCUT2D eigenvalue weighted by molar-refractivity contribution is 6.54. The fraction of sp³-hybridized carbons (Fsp3) is 0.195. The molecule has 0 aromatic heterocycles. The maximum atomic E-state index is 13.8. The van der Waals surface area contributed by atoms with E-state index in [9.17, 15) is 14.7 Å². The van der Waals surface area contributed by atoms with Gasteiger partial charge in [0.25, 0.3) is 0 Å². The van der Waals surface area contributed by atoms with Gasteiger partial charge in [-0.25, -0.2) is 4.99 Å². The van der Waals surface area contributed by atoms with Crippen LogP contribution in [0, 0.1) is 0 Å². The van der Waals surface area contributed by atoms with Crippen LogP contribution >= 0.6 is 0 Å². The number of hydrogen-bond acceptors (Lipinski definition) is 6. The maximum absolute atomic E-state index is 13.8. The van der Waals surface area contributed by atoms with Crippen LogP contribution in [0.15, 0.2) is 120 Å². The Bertz CT molecular complexity index is 2150. The van der Waals surface area contributed by atoms with Gasteiger partial charge in [0.05, 0.1) is 19.6 Å². The van der Waals surface area contributed by atoms with Crippen molar-refractivity contribution >= 4 is 28.7 Å². The molecule has 2 N–H and O–H groups in total. The number of Topliss-reactive ketones (excluding diaryl/α,β-unsaturated/α-hetero) is 2. The predicted molar refractivity (Wildman–Crippen MR) is 185 cm³/mol. The summed E-state index contributed by atoms with van der Waals surface area (Å²) in [6.45, 7) is 8.15. The Morgan fingerprint density at radius 2 is 1.21 bits per heavy atom. The summed E-state index contributed by atoms with van der Waals surface area (Å²) in [6, 6.07) is 28.0. The number of allylic oxidation sites excluding steroid dienone is 5. The van der Waals surface area contributed by atoms with Crippen LogP contribution in [-0.4, -0.2) is 31.5 Å². The van der Waals surface area contributed by atoms with E-state index in [2.05, 4.69) is 22.4 Å². The Morgan fingerprint density at radius 3 is 1.79 bits per heavy atom. The monoisotopic (exact) mass is 636 g/mol. The van der Waals surface area contributed by atoms with Crippen molar-refractivity contribution in [1.29, 1.82) is 0 Å². The van der Waals surface area contributed by atoms with Gasteiger partial charge < -0.3 is 19.9 Å². The third kappa shape index (κ3) is 4.94. The molecule has 7 heteroatoms. The molecular weight excluding hydrogens is 600 g/mol. The van der Waals surface area contributed by atoms with Gasteiger partial charge in [0.15, 0.2) is 5.71 Å². The molecule has 0 unspecified atom stereocenters. The second-order valence-electron chi connectivity index (χ2n) is 13.4. The summed E-state index contributed by atoms with van der Waals surface area (Å²) in [6.07, 6.45) is 3.12. The van der Waals surface area contributed by atoms with Crippen LogP contribution < -0.4 is 24.9 Å². The lowest BCUT2D eigenvalue weighted by atomic mass is 9.80. The highest BCUT2D eigenvalue weighted by atomic mass is 16.5. The summed E-state index contributed by atoms with van der Waals surface area (Å²) in [5.41, 5.74) is 8.02. The molecule has 1 aliphatic carbocycles. The van der Waals surface area contributed by atoms with Crippen molar-refractivity contribution in [3.63, 3.8) is 0 Å². The average molecular weight is 637 g/mol. The summed E-state index contributed by atoms with van der Waals surface area (Å²) in [5, 5.41) is 17.2. The lowest BCUT2D eigenvalue weighted by Gasteiger charge is -2.21. The van der Waals surface area contributed by atoms with Crippen LogP contribution in [0.3, 0.4) is 0 Å². The zero-order valence-electron chi connectivity index (χ0n) is 27.8. The van der Waals surface area contributed by atoms with Crippen molar-refractivity contribution in [3.05, 3.63) is 131 Å². The smallest absolute Gasteiger partial charge is 0.233 e. The summed E-state index contributed by atoms with van der Waals surface area (Å²) >= 11 is 0. The van der Waals surface area contributed by atoms with Gasteiger partial charge in [0.2, 0.25) is 17.3 Å². The molecule has 48 heavy (non-hydrogen) atoms. The molecule has 3 aliphatic rings. The summed E-state index contributed by atoms with van der Waals surface area (Å²) in [5.74, 6) is -0.576. The first-order chi connectivity index (χ1) is 22.9. The van der Waals surface area contributed by atoms with Crippen LogP contribution in [-0.2, 0) is 20.4 Å². The number of nitrogens with one attached hydrogen (secondary N) is 2. The molecule has 2 heterocycles. The Kier molecular flexibility index (Phi) is 7.24. The number of ether oxygens (including phenoxy) is 2. The average Bonchev–Trinajstić information content (AvgIpc) is 3.58. The highest BCUT2D eigenvalue weighted by Crippen LogP contribution is 2.46. The predicted octanol–water partition coefficient (Wildman–Crippen LogP) is 5.46. The van der Waals surface area contributed by atoms with Gasteiger partial charge in [-0.05, 0) is 96.3 Å². The normalized spacial score (nSPS) is 19.0. The molecule has 0 fully saturated rings. The van der Waals surface area contributed by atoms with Gasteiger partial charge in [-0.1, -0.05) is 49.9 Å². The largest absolute Gasteiger partial charge is 0.871 e. The molecule has 4 aromatic carbocycles. The molecule has 240 valence electrons. The van der Waals surface area contributed by atoms with Gasteiger partial charge in [-0.2, -0.15) is 0 Å². The molecule has 7 nitrogen and oxygen atoms in total. The number of ketones is 2. The van der Waals surface area contributed by atoms with E-state index in [1.165, 1.54) is 0 Å². The molecule has 0 saturated heterocycles. The molecule has 7 rings (SSSR count). The van der Waals surface area contributed by atoms with Crippen molar-refractivity contribution in [2.45, 2.75) is 38.5 Å². The van der Waals surface area contributed by atoms with Crippen molar-refractivity contribution < 1.29 is 29.2 Å². The van der Waals surface area contributed by atoms with Gasteiger partial charge in [-0.15, -0.1) is 0 Å². The van der Waals surface area contributed by atoms with E-state index >= 15 is 0 Å². The first kappa shape index (κ1) is 30.9. The van der Waals surface area contributed by atoms with Crippen LogP contribution in [0.5, 0.6) is 11.5 Å². The van der Waals surface area contributed by atoms with Crippen molar-refractivity contribution in [1.82, 2.24) is 0 Å². The summed E-state index contributed by atoms with van der Waals surface area (Å²) in [4.78, 5) is 30.0. The van der Waals surface area contributed by atoms with Crippen molar-refractivity contribution in [3.8, 4) is 33.8 Å². The molecule has 0 amide bonds. The minimum Gasteiger partial charge on any atom is -0.871 e. The summed E-state index contributed by atoms with van der Waals surface area (Å²) in [7, 11) is 3.28. The maximum Gasteiger partial charge on any atom is 0.233 e. The number of benzene rings is 4. The third-order valence-electron chi connectivity index (χ3n) is 9.88. The van der Waals surface area contributed by atoms with Crippen molar-refractivity contribution in [2.75, 3.05) is 19.5 Å². The number of rotatable bonds is 6. The number of fused-ring (bicyclic) bond motifs is 2. The number of hydrogen-bond donors (Lipinski definition) is 2. The van der Waals surface area contributed by atoms with Crippen LogP contribution in [0.1, 0.15) is 38.8 Å². The van der Waals surface area contributed by atoms with Crippen LogP contribution in [0.25, 0.3) is 22.3 Å². The standard InChI is InChI=1S/C41H36N2O5/c1-40(2)31-19-25(23-7-13-27(47-5)14-8-23)11-17-33(31)42-35(40)21-29-37(44)30(39(46)38(29)45)22-36-41(3,4)32-20-26(12-18-34(32)43-36)24-9-15-28(48-6)16-10-24/h7-22,42,44H,1-6H3/b30-22+,35-21+. The molecule has 0 bridgehead atoms. The third-order valence-corrected chi connectivity index (χ3v) is 9.88. The molecule has 4 aromatic rings. The fourth-order valence-electron chi connectivity index (χ4n) is 6.74. The van der Waals surface area contributed by atoms with E-state index in [-0.39, 0.29) is 11.1 Å². The van der Waals surface area contributed by atoms with Crippen LogP contribution in [0.4, 0.5) is 11.4 Å². The van der Waals surface area contributed by atoms with E-state index in [0.717, 1.165) is 56.3 Å². The van der Waals surface area contributed by atoms with Gasteiger partial charge in [0.1, 0.15) is 11.5 Å². The molecule has 0 atom stereocenters. The molecule has 0 spiro atoms. The van der Waals surface area contributed by atoms with E-state index in [4.69, 9.17) is 9.47 Å². The lowest BCUT2D eigenvalue weighted by Crippen LogP contribution is -2.65. The number of methoxy groups -OCH3 is 2. The van der Waals surface area contributed by atoms with Crippen molar-refractivity contribution in [2.24, 2.45) is 0 Å². The second kappa shape index (κ2) is 11.2. The Labute approximate surface area is 280 Å². The van der Waals surface area contributed by atoms with E-state index in [1.807, 2.05) is 100 Å². The first-order valence-electron chi connectivity index (χ1n) is 15.9. The SMILES string of the molecule is COc1ccc(-c2ccc3c(c2)C(C)(C)C(/C=C2/C(=O)C(=O)C(/C=C4/Nc5ccc(-c6ccc(OC)cc6)cc5C4(C)C)=C2[O-])=[NH+]3)cc1. The Morgan fingerprint density at radius 1 is 0.667 bits per heavy atom. The fourth-order valence-corrected chi connectivity index (χ4v) is 6.74. The first-order valence-corrected chi connectivity index (χ1v) is 15.9. The second-order valence-corrected chi connectivity index (χ2v) is 13.4. The quantitative estimate of drug-likeness (QED) is 0.215. The lowest BCUT2D eigenvalue weighted by molar-refractivity contribution is -0.349. The van der Waals surface area contributed by atoms with E-state index < -0.39 is 28.2 Å². The number of anilines is 1. The van der Waals surface area contributed by atoms with E-state index in [0.29, 0.717) is 11.4 Å². The Hall–Kier alpha value is -5.69. The highest BCUT2D eigenvalue weighted by Gasteiger charge is 2.43. The van der Waals surface area contributed by atoms with Gasteiger partial charge in [0, 0.05) is 45.7 Å². The van der Waals surface area contributed by atoms with E-state index in [1.54, 1.807) is 26.4 Å². The van der Waals surface area contributed by atoms with Gasteiger partial charge >= 0.3 is 0 Å². The topological polar surface area (TPSA) is 102 Å².